The molecule has 21 heavy (non-hydrogen) atoms. The van der Waals surface area contributed by atoms with E-state index in [1.165, 1.54) is 29.8 Å². The molecule has 2 nitrogen and oxygen atoms in total. The fraction of sp³-hybridized carbons (Fsp3) is 0.278. The molecule has 0 spiro atoms. The first-order valence-corrected chi connectivity index (χ1v) is 7.11. The number of rotatable bonds is 6. The molecule has 0 saturated carbocycles. The molecule has 0 aliphatic heterocycles. The molecule has 0 saturated heterocycles. The number of benzene rings is 2. The van der Waals surface area contributed by atoms with Crippen molar-refractivity contribution in [3.05, 3.63) is 65.5 Å². The largest absolute Gasteiger partial charge is 0.485 e. The molecule has 1 unspecified atom stereocenters. The Hall–Kier alpha value is -2.16. The number of hydrogen-bond donors (Lipinski definition) is 0. The fourth-order valence-corrected chi connectivity index (χ4v) is 2.00. The predicted octanol–water partition coefficient (Wildman–Crippen LogP) is 4.60. The standard InChI is InChI=1S/C18H19FO2/c1-3-13(2)14-6-10-17(11-7-14)21-12-18(20)15-4-8-16(19)9-5-15/h4-11,13H,3,12H2,1-2H3. The number of Topliss-reactive ketones (excluding diaryl/α,β-unsaturated/α-hetero) is 1. The first-order valence-electron chi connectivity index (χ1n) is 7.11. The summed E-state index contributed by atoms with van der Waals surface area (Å²) in [5.41, 5.74) is 1.71. The molecule has 0 bridgehead atoms. The normalized spacial score (nSPS) is 12.0. The number of ether oxygens (including phenoxy) is 1. The van der Waals surface area contributed by atoms with Gasteiger partial charge in [-0.2, -0.15) is 0 Å². The number of ketones is 1. The molecule has 0 N–H and O–H groups in total. The lowest BCUT2D eigenvalue weighted by Crippen LogP contribution is -2.11. The van der Waals surface area contributed by atoms with Gasteiger partial charge in [0.1, 0.15) is 11.6 Å². The molecule has 3 heteroatoms. The minimum Gasteiger partial charge on any atom is -0.485 e. The minimum atomic E-state index is -0.354. The fourth-order valence-electron chi connectivity index (χ4n) is 2.00. The van der Waals surface area contributed by atoms with E-state index < -0.39 is 0 Å². The Kier molecular flexibility index (Phi) is 5.09. The van der Waals surface area contributed by atoms with E-state index in [2.05, 4.69) is 13.8 Å². The van der Waals surface area contributed by atoms with Crippen molar-refractivity contribution >= 4 is 5.78 Å². The van der Waals surface area contributed by atoms with Gasteiger partial charge in [0.2, 0.25) is 0 Å². The van der Waals surface area contributed by atoms with E-state index in [-0.39, 0.29) is 18.2 Å². The van der Waals surface area contributed by atoms with Crippen LogP contribution in [0.15, 0.2) is 48.5 Å². The van der Waals surface area contributed by atoms with E-state index in [1.807, 2.05) is 24.3 Å². The van der Waals surface area contributed by atoms with Crippen LogP contribution in [0.2, 0.25) is 0 Å². The van der Waals surface area contributed by atoms with Gasteiger partial charge in [0.25, 0.3) is 0 Å². The number of carbonyl (C=O) groups is 1. The molecule has 0 radical (unpaired) electrons. The zero-order valence-electron chi connectivity index (χ0n) is 12.3. The molecule has 0 aliphatic rings. The molecule has 0 fully saturated rings. The summed E-state index contributed by atoms with van der Waals surface area (Å²) in [5, 5.41) is 0. The minimum absolute atomic E-state index is 0.0473. The molecule has 2 aromatic carbocycles. The quantitative estimate of drug-likeness (QED) is 0.725. The smallest absolute Gasteiger partial charge is 0.200 e. The van der Waals surface area contributed by atoms with Crippen LogP contribution in [0.3, 0.4) is 0 Å². The van der Waals surface area contributed by atoms with Crippen molar-refractivity contribution in [3.8, 4) is 5.75 Å². The summed E-state index contributed by atoms with van der Waals surface area (Å²) >= 11 is 0. The van der Waals surface area contributed by atoms with Gasteiger partial charge in [0, 0.05) is 5.56 Å². The van der Waals surface area contributed by atoms with Crippen LogP contribution >= 0.6 is 0 Å². The number of halogens is 1. The third-order valence-electron chi connectivity index (χ3n) is 3.60. The first-order chi connectivity index (χ1) is 10.1. The van der Waals surface area contributed by atoms with Crippen LogP contribution in [0, 0.1) is 5.82 Å². The molecule has 0 aromatic heterocycles. The Balaban J connectivity index is 1.93. The van der Waals surface area contributed by atoms with Crippen molar-refractivity contribution in [1.82, 2.24) is 0 Å². The zero-order valence-corrected chi connectivity index (χ0v) is 12.3. The monoisotopic (exact) mass is 286 g/mol. The maximum atomic E-state index is 12.8. The first kappa shape index (κ1) is 15.2. The zero-order chi connectivity index (χ0) is 15.2. The van der Waals surface area contributed by atoms with E-state index in [1.54, 1.807) is 0 Å². The number of hydrogen-bond acceptors (Lipinski definition) is 2. The van der Waals surface area contributed by atoms with Crippen molar-refractivity contribution in [2.45, 2.75) is 26.2 Å². The van der Waals surface area contributed by atoms with Crippen LogP contribution in [-0.4, -0.2) is 12.4 Å². The summed E-state index contributed by atoms with van der Waals surface area (Å²) in [5.74, 6) is 0.659. The highest BCUT2D eigenvalue weighted by Gasteiger charge is 2.08. The molecule has 0 aliphatic carbocycles. The van der Waals surface area contributed by atoms with Gasteiger partial charge in [-0.1, -0.05) is 26.0 Å². The molecule has 0 heterocycles. The van der Waals surface area contributed by atoms with Crippen molar-refractivity contribution in [3.63, 3.8) is 0 Å². The van der Waals surface area contributed by atoms with E-state index in [0.717, 1.165) is 6.42 Å². The highest BCUT2D eigenvalue weighted by atomic mass is 19.1. The lowest BCUT2D eigenvalue weighted by molar-refractivity contribution is 0.0921. The lowest BCUT2D eigenvalue weighted by atomic mass is 9.99. The van der Waals surface area contributed by atoms with E-state index in [9.17, 15) is 9.18 Å². The van der Waals surface area contributed by atoms with Crippen LogP contribution in [0.4, 0.5) is 4.39 Å². The van der Waals surface area contributed by atoms with Gasteiger partial charge in [0.05, 0.1) is 0 Å². The van der Waals surface area contributed by atoms with E-state index >= 15 is 0 Å². The van der Waals surface area contributed by atoms with E-state index in [4.69, 9.17) is 4.74 Å². The van der Waals surface area contributed by atoms with Gasteiger partial charge >= 0.3 is 0 Å². The molecule has 0 amide bonds. The van der Waals surface area contributed by atoms with Crippen molar-refractivity contribution < 1.29 is 13.9 Å². The molecular weight excluding hydrogens is 267 g/mol. The van der Waals surface area contributed by atoms with Gasteiger partial charge in [-0.05, 0) is 54.3 Å². The molecular formula is C18H19FO2. The SMILES string of the molecule is CCC(C)c1ccc(OCC(=O)c2ccc(F)cc2)cc1. The lowest BCUT2D eigenvalue weighted by Gasteiger charge is -2.10. The molecule has 110 valence electrons. The van der Waals surface area contributed by atoms with E-state index in [0.29, 0.717) is 17.2 Å². The van der Waals surface area contributed by atoms with Crippen molar-refractivity contribution in [1.29, 1.82) is 0 Å². The third kappa shape index (κ3) is 4.15. The molecule has 1 atom stereocenters. The Bertz CT molecular complexity index is 588. The average Bonchev–Trinajstić information content (AvgIpc) is 2.53. The summed E-state index contributed by atoms with van der Waals surface area (Å²) in [6, 6.07) is 13.3. The van der Waals surface area contributed by atoms with Gasteiger partial charge in [-0.3, -0.25) is 4.79 Å². The highest BCUT2D eigenvalue weighted by molar-refractivity contribution is 5.97. The summed E-state index contributed by atoms with van der Waals surface area (Å²) in [7, 11) is 0. The maximum absolute atomic E-state index is 12.8. The topological polar surface area (TPSA) is 26.3 Å². The van der Waals surface area contributed by atoms with Gasteiger partial charge < -0.3 is 4.74 Å². The second-order valence-electron chi connectivity index (χ2n) is 5.10. The average molecular weight is 286 g/mol. The summed E-state index contributed by atoms with van der Waals surface area (Å²) in [4.78, 5) is 11.9. The maximum Gasteiger partial charge on any atom is 0.200 e. The molecule has 2 rings (SSSR count). The van der Waals surface area contributed by atoms with Crippen molar-refractivity contribution in [2.75, 3.05) is 6.61 Å². The van der Waals surface area contributed by atoms with Crippen LogP contribution < -0.4 is 4.74 Å². The summed E-state index contributed by atoms with van der Waals surface area (Å²) in [6.07, 6.45) is 1.09. The molecule has 2 aromatic rings. The second-order valence-corrected chi connectivity index (χ2v) is 5.10. The van der Waals surface area contributed by atoms with Crippen LogP contribution in [0.25, 0.3) is 0 Å². The van der Waals surface area contributed by atoms with Crippen LogP contribution in [-0.2, 0) is 0 Å². The van der Waals surface area contributed by atoms with Crippen LogP contribution in [0.5, 0.6) is 5.75 Å². The Labute approximate surface area is 124 Å². The summed E-state index contributed by atoms with van der Waals surface area (Å²) < 4.78 is 18.3. The van der Waals surface area contributed by atoms with Gasteiger partial charge in [-0.15, -0.1) is 0 Å². The van der Waals surface area contributed by atoms with Gasteiger partial charge in [0.15, 0.2) is 12.4 Å². The Morgan fingerprint density at radius 2 is 1.71 bits per heavy atom. The van der Waals surface area contributed by atoms with Gasteiger partial charge in [-0.25, -0.2) is 4.39 Å². The third-order valence-corrected chi connectivity index (χ3v) is 3.60. The Morgan fingerprint density at radius 3 is 2.29 bits per heavy atom. The number of carbonyl (C=O) groups excluding carboxylic acids is 1. The van der Waals surface area contributed by atoms with Crippen molar-refractivity contribution in [2.24, 2.45) is 0 Å². The second kappa shape index (κ2) is 7.02. The Morgan fingerprint density at radius 1 is 1.10 bits per heavy atom. The highest BCUT2D eigenvalue weighted by Crippen LogP contribution is 2.21. The van der Waals surface area contributed by atoms with Crippen LogP contribution in [0.1, 0.15) is 42.1 Å². The predicted molar refractivity (Wildman–Crippen MR) is 81.4 cm³/mol. The summed E-state index contributed by atoms with van der Waals surface area (Å²) in [6.45, 7) is 4.28.